The van der Waals surface area contributed by atoms with Crippen molar-refractivity contribution in [1.82, 2.24) is 0 Å². The third-order valence-corrected chi connectivity index (χ3v) is 1.84. The zero-order chi connectivity index (χ0) is 9.84. The smallest absolute Gasteiger partial charge is 0.143 e. The van der Waals surface area contributed by atoms with Crippen LogP contribution in [-0.2, 0) is 0 Å². The van der Waals surface area contributed by atoms with Crippen molar-refractivity contribution in [3.63, 3.8) is 0 Å². The lowest BCUT2D eigenvalue weighted by Gasteiger charge is -2.10. The Morgan fingerprint density at radius 1 is 1.54 bits per heavy atom. The highest BCUT2D eigenvalue weighted by atomic mass is 16.5. The zero-order valence-corrected chi connectivity index (χ0v) is 7.74. The zero-order valence-electron chi connectivity index (χ0n) is 7.74. The molecule has 1 unspecified atom stereocenters. The first kappa shape index (κ1) is 9.63. The van der Waals surface area contributed by atoms with E-state index in [1.807, 2.05) is 19.1 Å². The summed E-state index contributed by atoms with van der Waals surface area (Å²) in [7, 11) is 1.55. The Bertz CT molecular complexity index is 336. The average Bonchev–Trinajstić information content (AvgIpc) is 2.16. The largest absolute Gasteiger partial charge is 0.496 e. The molecular formula is C11H12O2. The first-order valence-corrected chi connectivity index (χ1v) is 3.97. The second kappa shape index (κ2) is 3.97. The second-order valence-electron chi connectivity index (χ2n) is 2.81. The third-order valence-electron chi connectivity index (χ3n) is 1.84. The van der Waals surface area contributed by atoms with Crippen LogP contribution in [0.25, 0.3) is 0 Å². The van der Waals surface area contributed by atoms with Crippen LogP contribution in [-0.4, -0.2) is 12.2 Å². The highest BCUT2D eigenvalue weighted by Crippen LogP contribution is 2.25. The Morgan fingerprint density at radius 3 is 2.77 bits per heavy atom. The maximum absolute atomic E-state index is 9.45. The summed E-state index contributed by atoms with van der Waals surface area (Å²) in [4.78, 5) is 0. The maximum atomic E-state index is 9.45. The summed E-state index contributed by atoms with van der Waals surface area (Å²) in [5, 5.41) is 9.45. The minimum absolute atomic E-state index is 0.621. The Morgan fingerprint density at radius 2 is 2.23 bits per heavy atom. The molecule has 0 saturated heterocycles. The number of aliphatic hydroxyl groups is 1. The molecule has 0 spiro atoms. The Balaban J connectivity index is 3.17. The van der Waals surface area contributed by atoms with E-state index in [9.17, 15) is 5.11 Å². The number of hydrogen-bond acceptors (Lipinski definition) is 2. The molecule has 1 rings (SSSR count). The van der Waals surface area contributed by atoms with E-state index in [1.165, 1.54) is 0 Å². The molecule has 68 valence electrons. The lowest BCUT2D eigenvalue weighted by Crippen LogP contribution is -1.98. The summed E-state index contributed by atoms with van der Waals surface area (Å²) >= 11 is 0. The molecule has 0 heterocycles. The molecule has 0 aliphatic carbocycles. The van der Waals surface area contributed by atoms with E-state index >= 15 is 0 Å². The first-order chi connectivity index (χ1) is 6.19. The lowest BCUT2D eigenvalue weighted by atomic mass is 10.1. The quantitative estimate of drug-likeness (QED) is 0.694. The third kappa shape index (κ3) is 2.01. The van der Waals surface area contributed by atoms with Crippen molar-refractivity contribution < 1.29 is 9.84 Å². The lowest BCUT2D eigenvalue weighted by molar-refractivity contribution is 0.232. The normalized spacial score (nSPS) is 11.8. The van der Waals surface area contributed by atoms with Crippen molar-refractivity contribution in [2.45, 2.75) is 13.0 Å². The second-order valence-corrected chi connectivity index (χ2v) is 2.81. The molecule has 2 heteroatoms. The van der Waals surface area contributed by atoms with Gasteiger partial charge in [0.25, 0.3) is 0 Å². The van der Waals surface area contributed by atoms with Crippen LogP contribution < -0.4 is 4.74 Å². The van der Waals surface area contributed by atoms with Gasteiger partial charge in [0.15, 0.2) is 0 Å². The molecule has 0 aliphatic rings. The van der Waals surface area contributed by atoms with Crippen LogP contribution in [0.4, 0.5) is 0 Å². The van der Waals surface area contributed by atoms with Crippen molar-refractivity contribution >= 4 is 0 Å². The summed E-state index contributed by atoms with van der Waals surface area (Å²) in [5.74, 6) is 2.88. The van der Waals surface area contributed by atoms with Crippen LogP contribution in [0.3, 0.4) is 0 Å². The van der Waals surface area contributed by atoms with Gasteiger partial charge in [-0.15, -0.1) is 6.42 Å². The molecule has 0 bridgehead atoms. The fraction of sp³-hybridized carbons (Fsp3) is 0.273. The van der Waals surface area contributed by atoms with Crippen LogP contribution in [0.1, 0.15) is 17.2 Å². The highest BCUT2D eigenvalue weighted by Gasteiger charge is 2.09. The van der Waals surface area contributed by atoms with E-state index < -0.39 is 6.10 Å². The molecule has 0 aromatic heterocycles. The van der Waals surface area contributed by atoms with E-state index in [4.69, 9.17) is 11.2 Å². The highest BCUT2D eigenvalue weighted by molar-refractivity contribution is 5.40. The molecule has 0 saturated carbocycles. The van der Waals surface area contributed by atoms with E-state index in [-0.39, 0.29) is 0 Å². The van der Waals surface area contributed by atoms with Crippen molar-refractivity contribution in [2.24, 2.45) is 0 Å². The minimum Gasteiger partial charge on any atom is -0.496 e. The Hall–Kier alpha value is -1.46. The van der Waals surface area contributed by atoms with Crippen LogP contribution in [0.15, 0.2) is 18.2 Å². The molecule has 2 nitrogen and oxygen atoms in total. The van der Waals surface area contributed by atoms with E-state index in [0.717, 1.165) is 5.56 Å². The monoisotopic (exact) mass is 176 g/mol. The molecule has 1 atom stereocenters. The van der Waals surface area contributed by atoms with Gasteiger partial charge in [-0.05, 0) is 19.1 Å². The van der Waals surface area contributed by atoms with Crippen molar-refractivity contribution in [3.8, 4) is 18.1 Å². The number of terminal acetylenes is 1. The van der Waals surface area contributed by atoms with Gasteiger partial charge in [0, 0.05) is 5.56 Å². The summed E-state index contributed by atoms with van der Waals surface area (Å²) < 4.78 is 5.07. The molecule has 0 aliphatic heterocycles. The summed E-state index contributed by atoms with van der Waals surface area (Å²) in [6, 6.07) is 5.53. The summed E-state index contributed by atoms with van der Waals surface area (Å²) in [6.07, 6.45) is 4.23. The predicted molar refractivity (Wildman–Crippen MR) is 51.5 cm³/mol. The number of rotatable bonds is 2. The van der Waals surface area contributed by atoms with Gasteiger partial charge in [0.2, 0.25) is 0 Å². The van der Waals surface area contributed by atoms with Crippen LogP contribution in [0.5, 0.6) is 5.75 Å². The predicted octanol–water partition coefficient (Wildman–Crippen LogP) is 1.67. The van der Waals surface area contributed by atoms with E-state index in [0.29, 0.717) is 11.3 Å². The minimum atomic E-state index is -0.894. The number of ether oxygens (including phenoxy) is 1. The number of benzene rings is 1. The van der Waals surface area contributed by atoms with Gasteiger partial charge < -0.3 is 9.84 Å². The molecule has 0 amide bonds. The maximum Gasteiger partial charge on any atom is 0.143 e. The summed E-state index contributed by atoms with van der Waals surface area (Å²) in [6.45, 7) is 1.94. The summed E-state index contributed by atoms with van der Waals surface area (Å²) in [5.41, 5.74) is 1.69. The number of hydrogen-bond donors (Lipinski definition) is 1. The van der Waals surface area contributed by atoms with Gasteiger partial charge in [0.05, 0.1) is 7.11 Å². The fourth-order valence-electron chi connectivity index (χ4n) is 1.16. The molecule has 0 fully saturated rings. The van der Waals surface area contributed by atoms with Gasteiger partial charge in [-0.1, -0.05) is 17.6 Å². The number of aliphatic hydroxyl groups excluding tert-OH is 1. The van der Waals surface area contributed by atoms with E-state index in [2.05, 4.69) is 5.92 Å². The molecule has 1 N–H and O–H groups in total. The standard InChI is InChI=1S/C11H12O2/c1-4-10(12)9-7-8(2)5-6-11(9)13-3/h1,5-7,10,12H,2-3H3. The topological polar surface area (TPSA) is 29.5 Å². The van der Waals surface area contributed by atoms with Gasteiger partial charge >= 0.3 is 0 Å². The van der Waals surface area contributed by atoms with Crippen molar-refractivity contribution in [1.29, 1.82) is 0 Å². The number of methoxy groups -OCH3 is 1. The molecular weight excluding hydrogens is 164 g/mol. The van der Waals surface area contributed by atoms with Gasteiger partial charge in [-0.25, -0.2) is 0 Å². The van der Waals surface area contributed by atoms with Crippen LogP contribution in [0.2, 0.25) is 0 Å². The molecule has 13 heavy (non-hydrogen) atoms. The first-order valence-electron chi connectivity index (χ1n) is 3.97. The fourth-order valence-corrected chi connectivity index (χ4v) is 1.16. The van der Waals surface area contributed by atoms with Gasteiger partial charge in [0.1, 0.15) is 11.9 Å². The van der Waals surface area contributed by atoms with Gasteiger partial charge in [-0.2, -0.15) is 0 Å². The SMILES string of the molecule is C#CC(O)c1cc(C)ccc1OC. The van der Waals surface area contributed by atoms with Gasteiger partial charge in [-0.3, -0.25) is 0 Å². The molecule has 0 radical (unpaired) electrons. The Labute approximate surface area is 78.2 Å². The Kier molecular flexibility index (Phi) is 2.94. The van der Waals surface area contributed by atoms with Crippen LogP contribution in [0, 0.1) is 19.3 Å². The number of aryl methyl sites for hydroxylation is 1. The molecule has 1 aromatic rings. The van der Waals surface area contributed by atoms with E-state index in [1.54, 1.807) is 13.2 Å². The van der Waals surface area contributed by atoms with Crippen molar-refractivity contribution in [2.75, 3.05) is 7.11 Å². The average molecular weight is 176 g/mol. The van der Waals surface area contributed by atoms with Crippen molar-refractivity contribution in [3.05, 3.63) is 29.3 Å². The molecule has 1 aromatic carbocycles. The van der Waals surface area contributed by atoms with Crippen LogP contribution >= 0.6 is 0 Å².